The summed E-state index contributed by atoms with van der Waals surface area (Å²) in [5.74, 6) is -0.580. The van der Waals surface area contributed by atoms with Crippen molar-refractivity contribution >= 4 is 63.5 Å². The number of halogens is 1. The Labute approximate surface area is 247 Å². The van der Waals surface area contributed by atoms with Gasteiger partial charge >= 0.3 is 5.97 Å². The normalized spacial score (nSPS) is 14.4. The van der Waals surface area contributed by atoms with E-state index in [1.54, 1.807) is 53.6 Å². The number of hydrogen-bond donors (Lipinski definition) is 1. The van der Waals surface area contributed by atoms with Gasteiger partial charge in [0.1, 0.15) is 21.3 Å². The van der Waals surface area contributed by atoms with Crippen molar-refractivity contribution in [1.82, 2.24) is 14.3 Å². The van der Waals surface area contributed by atoms with Crippen molar-refractivity contribution in [2.24, 2.45) is 0 Å². The molecule has 1 aromatic carbocycles. The first-order valence-electron chi connectivity index (χ1n) is 13.3. The third-order valence-electron chi connectivity index (χ3n) is 6.45. The highest BCUT2D eigenvalue weighted by molar-refractivity contribution is 8.26. The number of carbonyl (C=O) groups excluding carboxylic acids is 1. The molecule has 11 heteroatoms. The van der Waals surface area contributed by atoms with Gasteiger partial charge in [-0.3, -0.25) is 23.7 Å². The fourth-order valence-corrected chi connectivity index (χ4v) is 5.81. The van der Waals surface area contributed by atoms with Crippen molar-refractivity contribution in [3.05, 3.63) is 74.5 Å². The lowest BCUT2D eigenvalue weighted by molar-refractivity contribution is -0.137. The molecule has 8 nitrogen and oxygen atoms in total. The van der Waals surface area contributed by atoms with Crippen LogP contribution in [0.25, 0.3) is 11.7 Å². The monoisotopic (exact) mass is 599 g/mol. The number of fused-ring (bicyclic) bond motifs is 1. The van der Waals surface area contributed by atoms with Gasteiger partial charge in [-0.15, -0.1) is 0 Å². The second kappa shape index (κ2) is 14.4. The first-order valence-corrected chi connectivity index (χ1v) is 14.9. The summed E-state index contributed by atoms with van der Waals surface area (Å²) in [6.45, 7) is 0.512. The molecule has 0 aliphatic carbocycles. The first kappa shape index (κ1) is 29.8. The number of hydrogen-bond acceptors (Lipinski definition) is 7. The lowest BCUT2D eigenvalue weighted by Gasteiger charge is -2.14. The Morgan fingerprint density at radius 3 is 2.40 bits per heavy atom. The number of unbranched alkanes of at least 4 members (excludes halogenated alkanes) is 7. The molecule has 2 aromatic heterocycles. The largest absolute Gasteiger partial charge is 0.481 e. The van der Waals surface area contributed by atoms with Gasteiger partial charge in [0.05, 0.1) is 9.93 Å². The fraction of sp³-hybridized carbons (Fsp3) is 0.345. The van der Waals surface area contributed by atoms with E-state index in [2.05, 4.69) is 4.98 Å². The summed E-state index contributed by atoms with van der Waals surface area (Å²) in [6, 6.07) is 12.1. The van der Waals surface area contributed by atoms with Crippen molar-refractivity contribution in [3.63, 3.8) is 0 Å². The van der Waals surface area contributed by atoms with E-state index >= 15 is 0 Å². The average Bonchev–Trinajstić information content (AvgIpc) is 3.20. The number of rotatable bonds is 14. The lowest BCUT2D eigenvalue weighted by Crippen LogP contribution is -2.29. The molecule has 0 spiro atoms. The maximum absolute atomic E-state index is 13.4. The molecule has 1 saturated heterocycles. The van der Waals surface area contributed by atoms with Crippen LogP contribution in [0.3, 0.4) is 0 Å². The van der Waals surface area contributed by atoms with Gasteiger partial charge in [-0.2, -0.15) is 4.98 Å². The molecule has 1 aliphatic rings. The third-order valence-corrected chi connectivity index (χ3v) is 8.14. The van der Waals surface area contributed by atoms with Crippen LogP contribution in [-0.2, 0) is 9.59 Å². The van der Waals surface area contributed by atoms with E-state index < -0.39 is 5.97 Å². The number of thioether (sulfide) groups is 1. The number of aromatic nitrogens is 2. The Kier molecular flexibility index (Phi) is 10.7. The number of aliphatic carboxylic acids is 1. The number of para-hydroxylation sites is 1. The quantitative estimate of drug-likeness (QED) is 0.121. The second-order valence-corrected chi connectivity index (χ2v) is 11.5. The zero-order chi connectivity index (χ0) is 28.5. The van der Waals surface area contributed by atoms with Crippen LogP contribution in [0.15, 0.2) is 58.4 Å². The Morgan fingerprint density at radius 1 is 1.00 bits per heavy atom. The predicted molar refractivity (Wildman–Crippen MR) is 162 cm³/mol. The van der Waals surface area contributed by atoms with E-state index in [1.165, 1.54) is 10.5 Å². The van der Waals surface area contributed by atoms with E-state index in [1.807, 2.05) is 0 Å². The van der Waals surface area contributed by atoms with Crippen LogP contribution < -0.4 is 10.3 Å². The number of carbonyl (C=O) groups is 2. The number of benzene rings is 1. The fourth-order valence-electron chi connectivity index (χ4n) is 4.35. The molecule has 3 aromatic rings. The van der Waals surface area contributed by atoms with Crippen LogP contribution >= 0.6 is 35.6 Å². The van der Waals surface area contributed by atoms with E-state index in [9.17, 15) is 14.4 Å². The minimum atomic E-state index is -0.738. The van der Waals surface area contributed by atoms with Gasteiger partial charge in [-0.25, -0.2) is 0 Å². The van der Waals surface area contributed by atoms with Gasteiger partial charge in [0.25, 0.3) is 11.5 Å². The summed E-state index contributed by atoms with van der Waals surface area (Å²) >= 11 is 12.9. The Morgan fingerprint density at radius 2 is 1.68 bits per heavy atom. The van der Waals surface area contributed by atoms with E-state index in [0.717, 1.165) is 63.1 Å². The molecule has 0 bridgehead atoms. The van der Waals surface area contributed by atoms with Crippen molar-refractivity contribution in [2.75, 3.05) is 6.54 Å². The van der Waals surface area contributed by atoms with Crippen LogP contribution in [0.1, 0.15) is 63.4 Å². The number of carboxylic acids is 1. The summed E-state index contributed by atoms with van der Waals surface area (Å²) in [7, 11) is 0. The molecule has 210 valence electrons. The molecule has 40 heavy (non-hydrogen) atoms. The lowest BCUT2D eigenvalue weighted by atomic mass is 10.1. The van der Waals surface area contributed by atoms with E-state index in [4.69, 9.17) is 33.7 Å². The second-order valence-electron chi connectivity index (χ2n) is 9.40. The maximum Gasteiger partial charge on any atom is 0.303 e. The van der Waals surface area contributed by atoms with Crippen molar-refractivity contribution < 1.29 is 19.4 Å². The number of amides is 1. The van der Waals surface area contributed by atoms with Gasteiger partial charge in [-0.1, -0.05) is 92.3 Å². The minimum Gasteiger partial charge on any atom is -0.481 e. The number of nitrogens with zero attached hydrogens (tertiary/aromatic N) is 3. The summed E-state index contributed by atoms with van der Waals surface area (Å²) < 4.78 is 7.83. The zero-order valence-corrected chi connectivity index (χ0v) is 24.3. The number of ether oxygens (including phenoxy) is 1. The third kappa shape index (κ3) is 7.71. The minimum absolute atomic E-state index is 0.0533. The molecule has 1 fully saturated rings. The number of thiocarbonyl (C=S) groups is 1. The summed E-state index contributed by atoms with van der Waals surface area (Å²) in [5, 5.41) is 9.06. The van der Waals surface area contributed by atoms with Crippen LogP contribution in [0.4, 0.5) is 0 Å². The predicted octanol–water partition coefficient (Wildman–Crippen LogP) is 6.94. The summed E-state index contributed by atoms with van der Waals surface area (Å²) in [6.07, 6.45) is 11.1. The average molecular weight is 600 g/mol. The Balaban J connectivity index is 1.41. The summed E-state index contributed by atoms with van der Waals surface area (Å²) in [5.41, 5.74) is 0.160. The molecule has 1 amide bonds. The van der Waals surface area contributed by atoms with Gasteiger partial charge in [0, 0.05) is 19.2 Å². The smallest absolute Gasteiger partial charge is 0.303 e. The van der Waals surface area contributed by atoms with Crippen LogP contribution in [0.2, 0.25) is 5.02 Å². The Hall–Kier alpha value is -3.21. The van der Waals surface area contributed by atoms with Crippen LogP contribution in [-0.4, -0.2) is 42.1 Å². The highest BCUT2D eigenvalue weighted by atomic mass is 35.5. The van der Waals surface area contributed by atoms with Crippen LogP contribution in [0.5, 0.6) is 11.6 Å². The topological polar surface area (TPSA) is 101 Å². The highest BCUT2D eigenvalue weighted by Crippen LogP contribution is 2.35. The summed E-state index contributed by atoms with van der Waals surface area (Å²) in [4.78, 5) is 43.7. The molecule has 1 N–H and O–H groups in total. The molecule has 1 aliphatic heterocycles. The standard InChI is InChI=1S/C29H30ClN3O5S2/c30-21-13-8-9-14-22(21)38-26-20(27(36)32-17-12-10-15-24(32)31-26)19-23-28(37)33(29(39)40-23)18-11-6-4-2-1-3-5-7-16-25(34)35/h8-10,12-15,17,19H,1-7,11,16,18H2,(H,34,35)/b23-19+. The molecular weight excluding hydrogens is 570 g/mol. The van der Waals surface area contributed by atoms with Gasteiger partial charge in [0.15, 0.2) is 0 Å². The molecule has 4 rings (SSSR count). The van der Waals surface area contributed by atoms with E-state index in [-0.39, 0.29) is 29.3 Å². The number of pyridine rings is 1. The Bertz CT molecular complexity index is 1490. The maximum atomic E-state index is 13.4. The van der Waals surface area contributed by atoms with Gasteiger partial charge in [-0.05, 0) is 43.2 Å². The molecule has 0 unspecified atom stereocenters. The van der Waals surface area contributed by atoms with Gasteiger partial charge < -0.3 is 9.84 Å². The number of carboxylic acid groups (broad SMARTS) is 1. The molecule has 0 saturated carbocycles. The van der Waals surface area contributed by atoms with Crippen molar-refractivity contribution in [2.45, 2.75) is 57.8 Å². The molecule has 0 atom stereocenters. The molecule has 3 heterocycles. The van der Waals surface area contributed by atoms with Crippen molar-refractivity contribution in [1.29, 1.82) is 0 Å². The van der Waals surface area contributed by atoms with Crippen LogP contribution in [0, 0.1) is 0 Å². The first-order chi connectivity index (χ1) is 19.3. The van der Waals surface area contributed by atoms with Crippen molar-refractivity contribution in [3.8, 4) is 11.6 Å². The highest BCUT2D eigenvalue weighted by Gasteiger charge is 2.32. The molecule has 0 radical (unpaired) electrons. The van der Waals surface area contributed by atoms with E-state index in [0.29, 0.717) is 32.2 Å². The molecular formula is C29H30ClN3O5S2. The zero-order valence-electron chi connectivity index (χ0n) is 21.9. The van der Waals surface area contributed by atoms with Gasteiger partial charge in [0.2, 0.25) is 5.88 Å². The SMILES string of the molecule is O=C(O)CCCCCCCCCCN1C(=O)/C(=C\c2c(Oc3ccccc3Cl)nc3ccccn3c2=O)SC1=S.